The molecule has 132 valence electrons. The minimum Gasteiger partial charge on any atom is -0.444 e. The highest BCUT2D eigenvalue weighted by molar-refractivity contribution is 5.69. The van der Waals surface area contributed by atoms with Gasteiger partial charge in [-0.15, -0.1) is 0 Å². The summed E-state index contributed by atoms with van der Waals surface area (Å²) in [5.74, 6) is 0.689. The molecule has 1 aliphatic rings. The van der Waals surface area contributed by atoms with Gasteiger partial charge in [0.05, 0.1) is 4.92 Å². The zero-order valence-corrected chi connectivity index (χ0v) is 14.8. The summed E-state index contributed by atoms with van der Waals surface area (Å²) in [6, 6.07) is 3.09. The summed E-state index contributed by atoms with van der Waals surface area (Å²) in [4.78, 5) is 30.8. The van der Waals surface area contributed by atoms with Crippen LogP contribution in [0.15, 0.2) is 12.1 Å². The van der Waals surface area contributed by atoms with Crippen LogP contribution in [0.4, 0.5) is 16.3 Å². The number of nitro groups is 1. The van der Waals surface area contributed by atoms with Gasteiger partial charge in [0.2, 0.25) is 0 Å². The van der Waals surface area contributed by atoms with Gasteiger partial charge in [-0.3, -0.25) is 10.1 Å². The molecule has 0 bridgehead atoms. The molecule has 0 spiro atoms. The molecule has 1 aliphatic heterocycles. The first-order valence-electron chi connectivity index (χ1n) is 7.95. The number of hydrogen-bond donors (Lipinski definition) is 0. The molecule has 1 saturated heterocycles. The van der Waals surface area contributed by atoms with Crippen molar-refractivity contribution in [2.75, 3.05) is 24.5 Å². The molecule has 0 aliphatic carbocycles. The molecule has 24 heavy (non-hydrogen) atoms. The Morgan fingerprint density at radius 2 is 2.04 bits per heavy atom. The van der Waals surface area contributed by atoms with Crippen LogP contribution in [0.1, 0.15) is 33.4 Å². The maximum atomic E-state index is 12.2. The van der Waals surface area contributed by atoms with Crippen LogP contribution in [-0.2, 0) is 4.74 Å². The molecular formula is C16H24N4O4. The van der Waals surface area contributed by atoms with Gasteiger partial charge in [0.1, 0.15) is 17.1 Å². The highest BCUT2D eigenvalue weighted by atomic mass is 16.6. The number of amides is 1. The van der Waals surface area contributed by atoms with E-state index in [1.165, 1.54) is 6.07 Å². The molecule has 0 saturated carbocycles. The van der Waals surface area contributed by atoms with Crippen LogP contribution in [0.25, 0.3) is 0 Å². The second-order valence-corrected chi connectivity index (χ2v) is 7.00. The van der Waals surface area contributed by atoms with Gasteiger partial charge < -0.3 is 14.5 Å². The standard InChI is InChI=1S/C16H24N4O4/c1-11-10-18(8-9-19(11)15(21)24-16(3,4)5)14-7-6-13(20(22)23)12(2)17-14/h6-7,11H,8-10H2,1-5H3/t11-/m0/s1. The lowest BCUT2D eigenvalue weighted by Gasteiger charge is -2.40. The predicted octanol–water partition coefficient (Wildman–Crippen LogP) is 2.74. The van der Waals surface area contributed by atoms with Gasteiger partial charge >= 0.3 is 6.09 Å². The van der Waals surface area contributed by atoms with Gasteiger partial charge in [0.15, 0.2) is 0 Å². The van der Waals surface area contributed by atoms with Crippen LogP contribution in [0, 0.1) is 17.0 Å². The number of anilines is 1. The average molecular weight is 336 g/mol. The highest BCUT2D eigenvalue weighted by Crippen LogP contribution is 2.23. The Morgan fingerprint density at radius 1 is 1.38 bits per heavy atom. The van der Waals surface area contributed by atoms with E-state index in [-0.39, 0.29) is 17.8 Å². The monoisotopic (exact) mass is 336 g/mol. The van der Waals surface area contributed by atoms with Gasteiger partial charge in [-0.1, -0.05) is 0 Å². The zero-order chi connectivity index (χ0) is 18.1. The number of carbonyl (C=O) groups is 1. The molecule has 1 atom stereocenters. The number of nitrogens with zero attached hydrogens (tertiary/aromatic N) is 4. The smallest absolute Gasteiger partial charge is 0.410 e. The maximum absolute atomic E-state index is 12.2. The Morgan fingerprint density at radius 3 is 2.54 bits per heavy atom. The van der Waals surface area contributed by atoms with Crippen LogP contribution in [0.5, 0.6) is 0 Å². The molecule has 8 heteroatoms. The Bertz CT molecular complexity index is 641. The van der Waals surface area contributed by atoms with Crippen molar-refractivity contribution in [3.63, 3.8) is 0 Å². The molecule has 1 amide bonds. The Kier molecular flexibility index (Phi) is 4.96. The Hall–Kier alpha value is -2.38. The van der Waals surface area contributed by atoms with E-state index in [0.29, 0.717) is 31.1 Å². The third-order valence-corrected chi connectivity index (χ3v) is 3.82. The first kappa shape index (κ1) is 18.0. The molecule has 1 aromatic heterocycles. The van der Waals surface area contributed by atoms with Crippen LogP contribution < -0.4 is 4.90 Å². The van der Waals surface area contributed by atoms with Crippen LogP contribution in [0.2, 0.25) is 0 Å². The quantitative estimate of drug-likeness (QED) is 0.609. The van der Waals surface area contributed by atoms with Crippen LogP contribution >= 0.6 is 0 Å². The van der Waals surface area contributed by atoms with Crippen molar-refractivity contribution in [2.24, 2.45) is 0 Å². The van der Waals surface area contributed by atoms with E-state index < -0.39 is 10.5 Å². The van der Waals surface area contributed by atoms with Gasteiger partial charge in [-0.2, -0.15) is 0 Å². The minimum absolute atomic E-state index is 0.0131. The molecule has 0 radical (unpaired) electrons. The normalized spacial score (nSPS) is 18.5. The first-order chi connectivity index (χ1) is 11.1. The lowest BCUT2D eigenvalue weighted by Crippen LogP contribution is -2.55. The van der Waals surface area contributed by atoms with Crippen molar-refractivity contribution < 1.29 is 14.5 Å². The van der Waals surface area contributed by atoms with Crippen molar-refractivity contribution in [1.82, 2.24) is 9.88 Å². The van der Waals surface area contributed by atoms with Gasteiger partial charge in [0, 0.05) is 31.7 Å². The van der Waals surface area contributed by atoms with E-state index in [4.69, 9.17) is 4.74 Å². The van der Waals surface area contributed by atoms with E-state index in [2.05, 4.69) is 4.98 Å². The van der Waals surface area contributed by atoms with E-state index in [1.807, 2.05) is 32.6 Å². The lowest BCUT2D eigenvalue weighted by molar-refractivity contribution is -0.385. The maximum Gasteiger partial charge on any atom is 0.410 e. The van der Waals surface area contributed by atoms with Gasteiger partial charge in [-0.05, 0) is 40.7 Å². The SMILES string of the molecule is Cc1nc(N2CCN(C(=O)OC(C)(C)C)[C@@H](C)C2)ccc1[N+](=O)[O-]. The van der Waals surface area contributed by atoms with Gasteiger partial charge in [0.25, 0.3) is 5.69 Å². The summed E-state index contributed by atoms with van der Waals surface area (Å²) < 4.78 is 5.43. The predicted molar refractivity (Wildman–Crippen MR) is 90.2 cm³/mol. The summed E-state index contributed by atoms with van der Waals surface area (Å²) in [5.41, 5.74) is -0.121. The van der Waals surface area contributed by atoms with Crippen LogP contribution in [0.3, 0.4) is 0 Å². The summed E-state index contributed by atoms with van der Waals surface area (Å²) >= 11 is 0. The number of carbonyl (C=O) groups excluding carboxylic acids is 1. The fourth-order valence-electron chi connectivity index (χ4n) is 2.67. The van der Waals surface area contributed by atoms with E-state index in [9.17, 15) is 14.9 Å². The summed E-state index contributed by atoms with van der Waals surface area (Å²) in [6.07, 6.45) is -0.317. The van der Waals surface area contributed by atoms with Crippen molar-refractivity contribution in [3.05, 3.63) is 27.9 Å². The number of pyridine rings is 1. The third kappa shape index (κ3) is 4.12. The zero-order valence-electron chi connectivity index (χ0n) is 14.8. The lowest BCUT2D eigenvalue weighted by atomic mass is 10.2. The average Bonchev–Trinajstić information content (AvgIpc) is 2.44. The fourth-order valence-corrected chi connectivity index (χ4v) is 2.67. The number of rotatable bonds is 2. The molecule has 0 unspecified atom stereocenters. The number of aryl methyl sites for hydroxylation is 1. The summed E-state index contributed by atoms with van der Waals surface area (Å²) in [7, 11) is 0. The molecule has 0 N–H and O–H groups in total. The topological polar surface area (TPSA) is 88.8 Å². The molecule has 8 nitrogen and oxygen atoms in total. The largest absolute Gasteiger partial charge is 0.444 e. The number of aromatic nitrogens is 1. The van der Waals surface area contributed by atoms with E-state index in [1.54, 1.807) is 17.9 Å². The Balaban J connectivity index is 2.07. The second-order valence-electron chi connectivity index (χ2n) is 7.00. The third-order valence-electron chi connectivity index (χ3n) is 3.82. The molecule has 1 aromatic rings. The van der Waals surface area contributed by atoms with Crippen molar-refractivity contribution in [2.45, 2.75) is 46.3 Å². The van der Waals surface area contributed by atoms with Crippen molar-refractivity contribution in [3.8, 4) is 0 Å². The first-order valence-corrected chi connectivity index (χ1v) is 7.95. The molecule has 0 aromatic carbocycles. The minimum atomic E-state index is -0.523. The van der Waals surface area contributed by atoms with Crippen molar-refractivity contribution in [1.29, 1.82) is 0 Å². The fraction of sp³-hybridized carbons (Fsp3) is 0.625. The summed E-state index contributed by atoms with van der Waals surface area (Å²) in [6.45, 7) is 10.8. The number of piperazine rings is 1. The molecular weight excluding hydrogens is 312 g/mol. The number of hydrogen-bond acceptors (Lipinski definition) is 6. The molecule has 2 heterocycles. The van der Waals surface area contributed by atoms with Crippen LogP contribution in [-0.4, -0.2) is 52.2 Å². The number of ether oxygens (including phenoxy) is 1. The van der Waals surface area contributed by atoms with E-state index in [0.717, 1.165) is 0 Å². The van der Waals surface area contributed by atoms with E-state index >= 15 is 0 Å². The molecule has 2 rings (SSSR count). The second kappa shape index (κ2) is 6.62. The Labute approximate surface area is 141 Å². The molecule has 1 fully saturated rings. The van der Waals surface area contributed by atoms with Gasteiger partial charge in [-0.25, -0.2) is 9.78 Å². The van der Waals surface area contributed by atoms with Crippen molar-refractivity contribution >= 4 is 17.6 Å². The highest BCUT2D eigenvalue weighted by Gasteiger charge is 2.31. The summed E-state index contributed by atoms with van der Waals surface area (Å²) in [5, 5.41) is 10.9.